The molecule has 2 aliphatic rings. The van der Waals surface area contributed by atoms with E-state index in [1.165, 1.54) is 22.8 Å². The number of nitrogens with two attached hydrogens (primary N) is 1. The average Bonchev–Trinajstić information content (AvgIpc) is 3.22. The van der Waals surface area contributed by atoms with Gasteiger partial charge >= 0.3 is 5.97 Å². The Morgan fingerprint density at radius 1 is 1.21 bits per heavy atom. The number of amides is 2. The molecule has 0 spiro atoms. The van der Waals surface area contributed by atoms with Crippen molar-refractivity contribution < 1.29 is 19.1 Å². The van der Waals surface area contributed by atoms with Gasteiger partial charge in [-0.25, -0.2) is 4.79 Å². The summed E-state index contributed by atoms with van der Waals surface area (Å²) in [5.74, 6) is -1.43. The highest BCUT2D eigenvalue weighted by atomic mass is 16.5. The summed E-state index contributed by atoms with van der Waals surface area (Å²) in [5.41, 5.74) is 6.82. The van der Waals surface area contributed by atoms with Crippen LogP contribution in [0, 0.1) is 11.3 Å². The third kappa shape index (κ3) is 2.78. The van der Waals surface area contributed by atoms with Crippen molar-refractivity contribution in [2.24, 2.45) is 0 Å². The molecule has 2 N–H and O–H groups in total. The maximum Gasteiger partial charge on any atom is 0.357 e. The number of carbonyl (C=O) groups excluding carboxylic acids is 3. The maximum absolute atomic E-state index is 13.3. The maximum atomic E-state index is 13.3. The van der Waals surface area contributed by atoms with Crippen LogP contribution in [-0.2, 0) is 4.74 Å². The first-order valence-electron chi connectivity index (χ1n) is 9.50. The molecule has 1 aliphatic heterocycles. The zero-order valence-corrected chi connectivity index (χ0v) is 16.0. The van der Waals surface area contributed by atoms with E-state index in [4.69, 9.17) is 10.5 Å². The number of methoxy groups -OCH3 is 1. The lowest BCUT2D eigenvalue weighted by molar-refractivity contribution is 0.0544. The van der Waals surface area contributed by atoms with E-state index in [0.29, 0.717) is 11.3 Å². The average molecular weight is 392 g/mol. The summed E-state index contributed by atoms with van der Waals surface area (Å²) in [6.07, 6.45) is 6.05. The largest absolute Gasteiger partial charge is 0.464 e. The number of fused-ring (bicyclic) bond motifs is 1. The highest BCUT2D eigenvalue weighted by molar-refractivity contribution is 6.23. The van der Waals surface area contributed by atoms with Crippen molar-refractivity contribution in [3.05, 3.63) is 46.8 Å². The lowest BCUT2D eigenvalue weighted by atomic mass is 9.94. The molecule has 2 aromatic rings. The van der Waals surface area contributed by atoms with Crippen LogP contribution < -0.4 is 5.73 Å². The van der Waals surface area contributed by atoms with Crippen LogP contribution in [0.15, 0.2) is 24.4 Å². The molecule has 148 valence electrons. The summed E-state index contributed by atoms with van der Waals surface area (Å²) < 4.78 is 6.18. The summed E-state index contributed by atoms with van der Waals surface area (Å²) in [6, 6.07) is 6.70. The Morgan fingerprint density at radius 2 is 1.93 bits per heavy atom. The van der Waals surface area contributed by atoms with Gasteiger partial charge in [0.2, 0.25) is 0 Å². The molecule has 29 heavy (non-hydrogen) atoms. The van der Waals surface area contributed by atoms with Gasteiger partial charge in [0, 0.05) is 12.2 Å². The van der Waals surface area contributed by atoms with Crippen molar-refractivity contribution >= 4 is 23.5 Å². The molecule has 8 nitrogen and oxygen atoms in total. The van der Waals surface area contributed by atoms with Crippen LogP contribution in [0.25, 0.3) is 5.69 Å². The Morgan fingerprint density at radius 3 is 2.59 bits per heavy atom. The fraction of sp³-hybridized carbons (Fsp3) is 0.333. The molecule has 1 aromatic carbocycles. The lowest BCUT2D eigenvalue weighted by Gasteiger charge is -2.29. The van der Waals surface area contributed by atoms with Crippen LogP contribution >= 0.6 is 0 Å². The second-order valence-electron chi connectivity index (χ2n) is 7.25. The molecule has 1 fully saturated rings. The van der Waals surface area contributed by atoms with Crippen molar-refractivity contribution in [2.75, 3.05) is 12.8 Å². The van der Waals surface area contributed by atoms with Gasteiger partial charge in [-0.05, 0) is 25.0 Å². The second-order valence-corrected chi connectivity index (χ2v) is 7.25. The number of nitrogen functional groups attached to an aromatic ring is 1. The monoisotopic (exact) mass is 392 g/mol. The van der Waals surface area contributed by atoms with E-state index in [0.717, 1.165) is 32.1 Å². The van der Waals surface area contributed by atoms with Crippen molar-refractivity contribution in [1.29, 1.82) is 5.26 Å². The van der Waals surface area contributed by atoms with Crippen LogP contribution in [0.1, 0.15) is 68.9 Å². The quantitative estimate of drug-likeness (QED) is 0.634. The lowest BCUT2D eigenvalue weighted by Crippen LogP contribution is -2.41. The molecule has 1 aliphatic carbocycles. The van der Waals surface area contributed by atoms with Crippen LogP contribution in [0.5, 0.6) is 0 Å². The molecule has 0 bridgehead atoms. The third-order valence-electron chi connectivity index (χ3n) is 5.67. The van der Waals surface area contributed by atoms with Crippen molar-refractivity contribution in [1.82, 2.24) is 9.47 Å². The summed E-state index contributed by atoms with van der Waals surface area (Å²) in [4.78, 5) is 40.0. The minimum absolute atomic E-state index is 0.0298. The van der Waals surface area contributed by atoms with E-state index in [2.05, 4.69) is 0 Å². The third-order valence-corrected chi connectivity index (χ3v) is 5.67. The Hall–Kier alpha value is -3.60. The summed E-state index contributed by atoms with van der Waals surface area (Å²) >= 11 is 0. The molecule has 8 heteroatoms. The molecule has 4 rings (SSSR count). The number of hydrogen-bond acceptors (Lipinski definition) is 6. The topological polar surface area (TPSA) is 118 Å². The first-order chi connectivity index (χ1) is 14.0. The standard InChI is InChI=1S/C21H20N4O4/c1-29-21(28)18-17(23)12(10-22)11-24(18)15-9-5-8-14-16(15)20(27)25(19(14)26)13-6-3-2-4-7-13/h5,8-9,11,13H,2-4,6-7,23H2,1H3. The fourth-order valence-corrected chi connectivity index (χ4v) is 4.26. The summed E-state index contributed by atoms with van der Waals surface area (Å²) in [5, 5.41) is 9.33. The fourth-order valence-electron chi connectivity index (χ4n) is 4.26. The highest BCUT2D eigenvalue weighted by Gasteiger charge is 2.42. The van der Waals surface area contributed by atoms with Gasteiger partial charge in [0.1, 0.15) is 6.07 Å². The molecule has 2 amide bonds. The van der Waals surface area contributed by atoms with Crippen molar-refractivity contribution in [3.63, 3.8) is 0 Å². The molecule has 0 unspecified atom stereocenters. The van der Waals surface area contributed by atoms with E-state index < -0.39 is 5.97 Å². The van der Waals surface area contributed by atoms with Crippen molar-refractivity contribution in [3.8, 4) is 11.8 Å². The van der Waals surface area contributed by atoms with Gasteiger partial charge in [-0.1, -0.05) is 25.3 Å². The van der Waals surface area contributed by atoms with E-state index in [-0.39, 0.29) is 40.4 Å². The van der Waals surface area contributed by atoms with Gasteiger partial charge in [0.25, 0.3) is 11.8 Å². The van der Waals surface area contributed by atoms with E-state index in [1.54, 1.807) is 18.2 Å². The number of aromatic nitrogens is 1. The Labute approximate surface area is 167 Å². The van der Waals surface area contributed by atoms with Gasteiger partial charge < -0.3 is 15.0 Å². The predicted molar refractivity (Wildman–Crippen MR) is 104 cm³/mol. The number of benzene rings is 1. The first kappa shape index (κ1) is 18.7. The van der Waals surface area contributed by atoms with E-state index in [9.17, 15) is 19.6 Å². The SMILES string of the molecule is COC(=O)c1c(N)c(C#N)cn1-c1cccc2c1C(=O)N(C1CCCCC1)C2=O. The molecule has 1 aromatic heterocycles. The van der Waals surface area contributed by atoms with Crippen LogP contribution in [0.3, 0.4) is 0 Å². The summed E-state index contributed by atoms with van der Waals surface area (Å²) in [7, 11) is 1.21. The second kappa shape index (κ2) is 7.09. The Balaban J connectivity index is 1.87. The van der Waals surface area contributed by atoms with Crippen molar-refractivity contribution in [2.45, 2.75) is 38.1 Å². The van der Waals surface area contributed by atoms with Gasteiger partial charge in [-0.3, -0.25) is 14.5 Å². The predicted octanol–water partition coefficient (Wildman–Crippen LogP) is 2.65. The molecular formula is C21H20N4O4. The highest BCUT2D eigenvalue weighted by Crippen LogP contribution is 2.35. The molecule has 0 saturated heterocycles. The van der Waals surface area contributed by atoms with Gasteiger partial charge in [0.05, 0.1) is 35.2 Å². The minimum atomic E-state index is -0.734. The molecule has 2 heterocycles. The number of rotatable bonds is 3. The molecular weight excluding hydrogens is 372 g/mol. The van der Waals surface area contributed by atoms with Crippen LogP contribution in [-0.4, -0.2) is 40.4 Å². The van der Waals surface area contributed by atoms with E-state index >= 15 is 0 Å². The smallest absolute Gasteiger partial charge is 0.357 e. The number of esters is 1. The summed E-state index contributed by atoms with van der Waals surface area (Å²) in [6.45, 7) is 0. The van der Waals surface area contributed by atoms with Gasteiger partial charge in [-0.2, -0.15) is 5.26 Å². The number of hydrogen-bond donors (Lipinski definition) is 1. The van der Waals surface area contributed by atoms with Crippen LogP contribution in [0.2, 0.25) is 0 Å². The number of anilines is 1. The Bertz CT molecular complexity index is 1070. The molecule has 0 atom stereocenters. The normalized spacial score (nSPS) is 16.6. The zero-order chi connectivity index (χ0) is 20.7. The van der Waals surface area contributed by atoms with Gasteiger partial charge in [0.15, 0.2) is 5.69 Å². The first-order valence-corrected chi connectivity index (χ1v) is 9.50. The molecule has 1 saturated carbocycles. The van der Waals surface area contributed by atoms with Gasteiger partial charge in [-0.15, -0.1) is 0 Å². The number of nitriles is 1. The van der Waals surface area contributed by atoms with E-state index in [1.807, 2.05) is 6.07 Å². The Kier molecular flexibility index (Phi) is 4.59. The zero-order valence-electron chi connectivity index (χ0n) is 16.0. The number of ether oxygens (including phenoxy) is 1. The minimum Gasteiger partial charge on any atom is -0.464 e. The number of carbonyl (C=O) groups is 3. The number of imide groups is 1. The number of nitrogens with zero attached hydrogens (tertiary/aromatic N) is 3. The molecule has 0 radical (unpaired) electrons. The van der Waals surface area contributed by atoms with Crippen LogP contribution in [0.4, 0.5) is 5.69 Å².